The molecule has 20 heteroatoms. The zero-order valence-electron chi connectivity index (χ0n) is 36.9. The van der Waals surface area contributed by atoms with Gasteiger partial charge in [-0.15, -0.1) is 10.2 Å². The summed E-state index contributed by atoms with van der Waals surface area (Å²) in [7, 11) is 0. The van der Waals surface area contributed by atoms with Crippen LogP contribution < -0.4 is 38.1 Å². The number of carbonyl (C=O) groups excluding carboxylic acids is 7. The molecule has 1 unspecified atom stereocenters. The van der Waals surface area contributed by atoms with E-state index in [9.17, 15) is 33.6 Å². The van der Waals surface area contributed by atoms with Gasteiger partial charge in [-0.05, 0) is 38.7 Å². The number of hydrogen-bond acceptors (Lipinski definition) is 13. The maximum Gasteiger partial charge on any atom is 0.242 e. The summed E-state index contributed by atoms with van der Waals surface area (Å²) < 4.78 is 21.9. The van der Waals surface area contributed by atoms with Crippen LogP contribution >= 0.6 is 0 Å². The Morgan fingerprint density at radius 1 is 0.581 bits per heavy atom. The third-order valence-electron chi connectivity index (χ3n) is 8.70. The molecule has 1 atom stereocenters. The number of ketones is 2. The van der Waals surface area contributed by atoms with Crippen molar-refractivity contribution in [3.8, 4) is 0 Å². The molecule has 1 rings (SSSR count). The molecular weight excluding hydrogens is 807 g/mol. The lowest BCUT2D eigenvalue weighted by Crippen LogP contribution is -2.47. The Labute approximate surface area is 364 Å². The molecule has 1 aromatic rings. The second-order valence-electron chi connectivity index (χ2n) is 14.6. The molecule has 0 aliphatic carbocycles. The van der Waals surface area contributed by atoms with Crippen molar-refractivity contribution in [2.75, 3.05) is 72.5 Å². The van der Waals surface area contributed by atoms with E-state index in [1.807, 2.05) is 12.1 Å². The summed E-state index contributed by atoms with van der Waals surface area (Å²) in [5.74, 6) is -1.23. The minimum atomic E-state index is -0.871. The van der Waals surface area contributed by atoms with Gasteiger partial charge in [-0.1, -0.05) is 38.1 Å². The standard InChI is InChI=1S/C42H69N9O11/c1-30(2)36(53)13-15-37(54)45-18-6-5-7-35(49-40(57)14-8-31(3)52)42(58)47-19-16-38(55)46-20-22-60-24-26-62-28-27-61-25-23-59-21-17-39(56)48-29-33-9-11-34(12-10-33)41(44)51-50-32(4)43/h9-12,30,35H,5-8,13-29H2,1-4H3,(H2,43,50)(H2,44,51)(H,45,54)(H,46,55)(H,47,58)(H,48,56)(H,49,57). The zero-order chi connectivity index (χ0) is 46.0. The van der Waals surface area contributed by atoms with Crippen molar-refractivity contribution in [3.63, 3.8) is 0 Å². The Morgan fingerprint density at radius 2 is 1.15 bits per heavy atom. The van der Waals surface area contributed by atoms with Crippen LogP contribution in [0.4, 0.5) is 0 Å². The van der Waals surface area contributed by atoms with Crippen LogP contribution in [-0.4, -0.2) is 131 Å². The number of hydrogen-bond donors (Lipinski definition) is 7. The maximum absolute atomic E-state index is 12.9. The summed E-state index contributed by atoms with van der Waals surface area (Å²) in [5.41, 5.74) is 12.9. The number of unbranched alkanes of at least 4 members (excludes halogenated alkanes) is 1. The smallest absolute Gasteiger partial charge is 0.242 e. The summed E-state index contributed by atoms with van der Waals surface area (Å²) in [5, 5.41) is 21.2. The molecule has 0 fully saturated rings. The number of ether oxygens (including phenoxy) is 4. The first kappa shape index (κ1) is 54.7. The molecule has 348 valence electrons. The normalized spacial score (nSPS) is 12.1. The highest BCUT2D eigenvalue weighted by Gasteiger charge is 2.21. The highest BCUT2D eigenvalue weighted by Crippen LogP contribution is 2.06. The Morgan fingerprint density at radius 3 is 1.76 bits per heavy atom. The predicted molar refractivity (Wildman–Crippen MR) is 233 cm³/mol. The first-order valence-corrected chi connectivity index (χ1v) is 21.1. The fourth-order valence-corrected chi connectivity index (χ4v) is 5.11. The van der Waals surface area contributed by atoms with Crippen LogP contribution in [0.2, 0.25) is 0 Å². The van der Waals surface area contributed by atoms with Gasteiger partial charge in [-0.2, -0.15) is 0 Å². The second-order valence-corrected chi connectivity index (χ2v) is 14.6. The van der Waals surface area contributed by atoms with Gasteiger partial charge >= 0.3 is 0 Å². The van der Waals surface area contributed by atoms with Crippen LogP contribution in [0.3, 0.4) is 0 Å². The van der Waals surface area contributed by atoms with Crippen molar-refractivity contribution in [2.45, 2.75) is 98.1 Å². The van der Waals surface area contributed by atoms with E-state index in [1.54, 1.807) is 32.9 Å². The SMILES string of the molecule is CC(=O)CCC(=O)NC(CCCCNC(=O)CCC(=O)C(C)C)C(=O)NCCC(=O)NCCOCCOCCOCCOCCC(=O)NCc1ccc(/C(N)=N/N=C(/C)N)cc1. The number of carbonyl (C=O) groups is 7. The number of nitrogens with one attached hydrogen (secondary N) is 5. The van der Waals surface area contributed by atoms with Crippen molar-refractivity contribution in [1.29, 1.82) is 0 Å². The van der Waals surface area contributed by atoms with Crippen molar-refractivity contribution in [2.24, 2.45) is 27.6 Å². The number of rotatable bonds is 36. The summed E-state index contributed by atoms with van der Waals surface area (Å²) >= 11 is 0. The van der Waals surface area contributed by atoms with E-state index in [0.717, 1.165) is 5.56 Å². The molecule has 0 saturated heterocycles. The van der Waals surface area contributed by atoms with E-state index in [2.05, 4.69) is 36.8 Å². The highest BCUT2D eigenvalue weighted by molar-refractivity contribution is 5.97. The summed E-state index contributed by atoms with van der Waals surface area (Å²) in [6, 6.07) is 6.38. The van der Waals surface area contributed by atoms with Gasteiger partial charge in [0.1, 0.15) is 23.4 Å². The van der Waals surface area contributed by atoms with Crippen LogP contribution in [0.15, 0.2) is 34.5 Å². The number of nitrogens with two attached hydrogens (primary N) is 2. The first-order valence-electron chi connectivity index (χ1n) is 21.1. The van der Waals surface area contributed by atoms with Crippen molar-refractivity contribution >= 4 is 52.8 Å². The van der Waals surface area contributed by atoms with Crippen LogP contribution in [0.25, 0.3) is 0 Å². The largest absolute Gasteiger partial charge is 0.386 e. The Bertz CT molecular complexity index is 1580. The quantitative estimate of drug-likeness (QED) is 0.0210. The highest BCUT2D eigenvalue weighted by atomic mass is 16.6. The lowest BCUT2D eigenvalue weighted by molar-refractivity contribution is -0.130. The number of nitrogens with zero attached hydrogens (tertiary/aromatic N) is 2. The molecule has 9 N–H and O–H groups in total. The molecule has 0 aromatic heterocycles. The van der Waals surface area contributed by atoms with E-state index in [0.29, 0.717) is 83.4 Å². The lowest BCUT2D eigenvalue weighted by Gasteiger charge is -2.18. The molecule has 0 radical (unpaired) electrons. The Hall–Kier alpha value is -5.31. The average Bonchev–Trinajstić information content (AvgIpc) is 3.23. The minimum Gasteiger partial charge on any atom is -0.386 e. The van der Waals surface area contributed by atoms with Crippen LogP contribution in [0.1, 0.15) is 96.6 Å². The number of Topliss-reactive ketones (excluding diaryl/α,β-unsaturated/α-hetero) is 2. The zero-order valence-corrected chi connectivity index (χ0v) is 36.9. The third-order valence-corrected chi connectivity index (χ3v) is 8.70. The van der Waals surface area contributed by atoms with E-state index < -0.39 is 17.9 Å². The van der Waals surface area contributed by atoms with Gasteiger partial charge in [0.25, 0.3) is 0 Å². The molecule has 1 aromatic carbocycles. The van der Waals surface area contributed by atoms with Gasteiger partial charge in [0.2, 0.25) is 29.5 Å². The van der Waals surface area contributed by atoms with Crippen molar-refractivity contribution < 1.29 is 52.5 Å². The Kier molecular flexibility index (Phi) is 30.3. The first-order chi connectivity index (χ1) is 29.7. The van der Waals surface area contributed by atoms with Gasteiger partial charge < -0.3 is 61.8 Å². The van der Waals surface area contributed by atoms with Gasteiger partial charge in [0.05, 0.1) is 52.9 Å². The summed E-state index contributed by atoms with van der Waals surface area (Å²) in [6.07, 6.45) is 1.90. The van der Waals surface area contributed by atoms with Crippen LogP contribution in [0, 0.1) is 5.92 Å². The molecule has 0 aliphatic heterocycles. The van der Waals surface area contributed by atoms with E-state index in [1.165, 1.54) is 6.92 Å². The second kappa shape index (κ2) is 34.3. The average molecular weight is 876 g/mol. The number of amides is 5. The van der Waals surface area contributed by atoms with E-state index >= 15 is 0 Å². The molecule has 5 amide bonds. The van der Waals surface area contributed by atoms with Crippen LogP contribution in [0.5, 0.6) is 0 Å². The molecule has 20 nitrogen and oxygen atoms in total. The monoisotopic (exact) mass is 876 g/mol. The number of amidine groups is 2. The number of benzene rings is 1. The minimum absolute atomic E-state index is 0.0167. The molecule has 0 bridgehead atoms. The molecule has 62 heavy (non-hydrogen) atoms. The molecule has 0 spiro atoms. The summed E-state index contributed by atoms with van der Waals surface area (Å²) in [4.78, 5) is 84.7. The summed E-state index contributed by atoms with van der Waals surface area (Å²) in [6.45, 7) is 10.2. The van der Waals surface area contributed by atoms with Crippen molar-refractivity contribution in [3.05, 3.63) is 35.4 Å². The van der Waals surface area contributed by atoms with Gasteiger partial charge in [-0.25, -0.2) is 0 Å². The Balaban J connectivity index is 2.10. The lowest BCUT2D eigenvalue weighted by atomic mass is 10.0. The van der Waals surface area contributed by atoms with Gasteiger partial charge in [-0.3, -0.25) is 28.8 Å². The van der Waals surface area contributed by atoms with E-state index in [-0.39, 0.29) is 106 Å². The third kappa shape index (κ3) is 29.8. The van der Waals surface area contributed by atoms with Crippen LogP contribution in [-0.2, 0) is 59.1 Å². The molecule has 0 aliphatic rings. The molecule has 0 saturated carbocycles. The van der Waals surface area contributed by atoms with E-state index in [4.69, 9.17) is 30.4 Å². The molecule has 0 heterocycles. The topological polar surface area (TPSA) is 293 Å². The van der Waals surface area contributed by atoms with Gasteiger partial charge in [0.15, 0.2) is 5.84 Å². The maximum atomic E-state index is 12.9. The van der Waals surface area contributed by atoms with Gasteiger partial charge in [0, 0.05) is 76.2 Å². The predicted octanol–water partition coefficient (Wildman–Crippen LogP) is 0.525. The fourth-order valence-electron chi connectivity index (χ4n) is 5.11. The molecular formula is C42H69N9O11. The fraction of sp³-hybridized carbons (Fsp3) is 0.643. The van der Waals surface area contributed by atoms with Crippen molar-refractivity contribution in [1.82, 2.24) is 26.6 Å².